The molecular formula is C19H19N7. The molecule has 0 aliphatic heterocycles. The van der Waals surface area contributed by atoms with Crippen molar-refractivity contribution < 1.29 is 0 Å². The van der Waals surface area contributed by atoms with E-state index >= 15 is 0 Å². The normalized spacial score (nSPS) is 10.8. The van der Waals surface area contributed by atoms with Gasteiger partial charge in [0.1, 0.15) is 17.3 Å². The fourth-order valence-corrected chi connectivity index (χ4v) is 2.80. The van der Waals surface area contributed by atoms with Gasteiger partial charge in [-0.2, -0.15) is 0 Å². The molecule has 7 heteroatoms. The maximum Gasteiger partial charge on any atom is 0.150 e. The lowest BCUT2D eigenvalue weighted by Crippen LogP contribution is -2.05. The first-order valence-corrected chi connectivity index (χ1v) is 8.30. The zero-order valence-electron chi connectivity index (χ0n) is 14.3. The first-order chi connectivity index (χ1) is 12.7. The average Bonchev–Trinajstić information content (AvgIpc) is 3.11. The summed E-state index contributed by atoms with van der Waals surface area (Å²) in [5.41, 5.74) is 10.4. The van der Waals surface area contributed by atoms with Crippen LogP contribution in [0.5, 0.6) is 0 Å². The summed E-state index contributed by atoms with van der Waals surface area (Å²) in [5, 5.41) is 7.41. The average molecular weight is 345 g/mol. The topological polar surface area (TPSA) is 105 Å². The third-order valence-corrected chi connectivity index (χ3v) is 4.22. The summed E-state index contributed by atoms with van der Waals surface area (Å²) in [6.45, 7) is 0.600. The van der Waals surface area contributed by atoms with Crippen LogP contribution in [0, 0.1) is 0 Å². The molecule has 0 amide bonds. The van der Waals surface area contributed by atoms with Crippen LogP contribution in [-0.4, -0.2) is 27.0 Å². The van der Waals surface area contributed by atoms with Crippen LogP contribution in [0.15, 0.2) is 55.0 Å². The molecule has 130 valence electrons. The van der Waals surface area contributed by atoms with Crippen LogP contribution in [0.3, 0.4) is 0 Å². The summed E-state index contributed by atoms with van der Waals surface area (Å²) < 4.78 is 0. The number of nitrogens with two attached hydrogens (primary N) is 1. The van der Waals surface area contributed by atoms with E-state index in [1.165, 1.54) is 0 Å². The Balaban J connectivity index is 1.58. The van der Waals surface area contributed by atoms with Crippen LogP contribution in [0.25, 0.3) is 22.3 Å². The molecular weight excluding hydrogens is 326 g/mol. The fraction of sp³-hybridized carbons (Fsp3) is 0.105. The molecule has 0 unspecified atom stereocenters. The monoisotopic (exact) mass is 345 g/mol. The highest BCUT2D eigenvalue weighted by Gasteiger charge is 2.08. The first kappa shape index (κ1) is 15.9. The van der Waals surface area contributed by atoms with E-state index in [-0.39, 0.29) is 0 Å². The van der Waals surface area contributed by atoms with E-state index in [4.69, 9.17) is 5.73 Å². The number of fused-ring (bicyclic) bond motifs is 1. The van der Waals surface area contributed by atoms with Crippen molar-refractivity contribution in [2.75, 3.05) is 23.4 Å². The van der Waals surface area contributed by atoms with Gasteiger partial charge in [0.2, 0.25) is 0 Å². The molecule has 4 heterocycles. The Bertz CT molecular complexity index is 1040. The minimum atomic E-state index is 0.600. The van der Waals surface area contributed by atoms with Gasteiger partial charge in [-0.1, -0.05) is 0 Å². The molecule has 0 aliphatic carbocycles. The second-order valence-corrected chi connectivity index (χ2v) is 5.88. The number of anilines is 3. The van der Waals surface area contributed by atoms with Gasteiger partial charge in [0, 0.05) is 43.1 Å². The van der Waals surface area contributed by atoms with Gasteiger partial charge in [-0.25, -0.2) is 15.0 Å². The number of nitrogen functional groups attached to an aromatic ring is 1. The third-order valence-electron chi connectivity index (χ3n) is 4.22. The summed E-state index contributed by atoms with van der Waals surface area (Å²) in [5.74, 6) is 1.47. The van der Waals surface area contributed by atoms with Gasteiger partial charge in [0.25, 0.3) is 0 Å². The zero-order chi connectivity index (χ0) is 17.9. The van der Waals surface area contributed by atoms with Crippen molar-refractivity contribution in [3.05, 3.63) is 60.6 Å². The van der Waals surface area contributed by atoms with Crippen molar-refractivity contribution in [2.24, 2.45) is 0 Å². The minimum Gasteiger partial charge on any atom is -0.396 e. The molecule has 4 rings (SSSR count). The first-order valence-electron chi connectivity index (χ1n) is 8.30. The minimum absolute atomic E-state index is 0.600. The van der Waals surface area contributed by atoms with Crippen LogP contribution in [0.4, 0.5) is 17.3 Å². The van der Waals surface area contributed by atoms with Crippen molar-refractivity contribution in [1.82, 2.24) is 19.9 Å². The molecule has 0 aromatic carbocycles. The van der Waals surface area contributed by atoms with E-state index in [0.29, 0.717) is 18.1 Å². The maximum atomic E-state index is 6.09. The van der Waals surface area contributed by atoms with Crippen molar-refractivity contribution >= 4 is 28.4 Å². The van der Waals surface area contributed by atoms with Crippen molar-refractivity contribution in [3.8, 4) is 11.3 Å². The highest BCUT2D eigenvalue weighted by Crippen LogP contribution is 2.24. The summed E-state index contributed by atoms with van der Waals surface area (Å²) in [6, 6.07) is 11.6. The number of aromatic nitrogens is 4. The molecule has 0 aliphatic rings. The summed E-state index contributed by atoms with van der Waals surface area (Å²) in [7, 11) is 1.84. The Labute approximate surface area is 150 Å². The SMILES string of the molecule is CNc1ccc(-c2ccc(N)c(NCc3c[nH]c4ncccc34)n2)cn1. The molecule has 0 saturated carbocycles. The zero-order valence-corrected chi connectivity index (χ0v) is 14.3. The highest BCUT2D eigenvalue weighted by atomic mass is 15.0. The smallest absolute Gasteiger partial charge is 0.150 e. The Morgan fingerprint density at radius 3 is 2.85 bits per heavy atom. The molecule has 4 aromatic rings. The van der Waals surface area contributed by atoms with Crippen LogP contribution in [-0.2, 0) is 6.54 Å². The lowest BCUT2D eigenvalue weighted by Gasteiger charge is -2.10. The van der Waals surface area contributed by atoms with Crippen LogP contribution >= 0.6 is 0 Å². The maximum absolute atomic E-state index is 6.09. The van der Waals surface area contributed by atoms with E-state index in [1.807, 2.05) is 49.6 Å². The van der Waals surface area contributed by atoms with Crippen molar-refractivity contribution in [2.45, 2.75) is 6.54 Å². The lowest BCUT2D eigenvalue weighted by molar-refractivity contribution is 1.12. The Kier molecular flexibility index (Phi) is 4.10. The molecule has 5 N–H and O–H groups in total. The number of hydrogen-bond donors (Lipinski definition) is 4. The van der Waals surface area contributed by atoms with Gasteiger partial charge < -0.3 is 21.4 Å². The standard InChI is InChI=1S/C19H19N7/c1-21-17-7-4-12(9-23-17)16-6-5-15(20)19(26-16)25-11-13-10-24-18-14(13)3-2-8-22-18/h2-10H,11,20H2,1H3,(H,21,23)(H,22,24)(H,25,26). The van der Waals surface area contributed by atoms with E-state index < -0.39 is 0 Å². The summed E-state index contributed by atoms with van der Waals surface area (Å²) >= 11 is 0. The summed E-state index contributed by atoms with van der Waals surface area (Å²) in [4.78, 5) is 16.5. The van der Waals surface area contributed by atoms with Gasteiger partial charge in [-0.15, -0.1) is 0 Å². The van der Waals surface area contributed by atoms with Gasteiger partial charge in [-0.05, 0) is 42.0 Å². The number of aromatic amines is 1. The number of H-pyrrole nitrogens is 1. The largest absolute Gasteiger partial charge is 0.396 e. The van der Waals surface area contributed by atoms with E-state index in [0.717, 1.165) is 33.7 Å². The van der Waals surface area contributed by atoms with E-state index in [1.54, 1.807) is 12.4 Å². The number of nitrogens with one attached hydrogen (secondary N) is 3. The molecule has 0 radical (unpaired) electrons. The molecule has 0 saturated heterocycles. The van der Waals surface area contributed by atoms with E-state index in [2.05, 4.69) is 30.6 Å². The second kappa shape index (κ2) is 6.72. The fourth-order valence-electron chi connectivity index (χ4n) is 2.80. The quantitative estimate of drug-likeness (QED) is 0.442. The molecule has 0 fully saturated rings. The molecule has 4 aromatic heterocycles. The van der Waals surface area contributed by atoms with Crippen LogP contribution in [0.1, 0.15) is 5.56 Å². The predicted octanol–water partition coefficient (Wildman–Crippen LogP) is 3.26. The van der Waals surface area contributed by atoms with Crippen molar-refractivity contribution in [1.29, 1.82) is 0 Å². The van der Waals surface area contributed by atoms with Gasteiger partial charge in [0.15, 0.2) is 0 Å². The van der Waals surface area contributed by atoms with E-state index in [9.17, 15) is 0 Å². The number of rotatable bonds is 5. The Morgan fingerprint density at radius 2 is 2.04 bits per heavy atom. The molecule has 26 heavy (non-hydrogen) atoms. The lowest BCUT2D eigenvalue weighted by atomic mass is 10.2. The van der Waals surface area contributed by atoms with Crippen molar-refractivity contribution in [3.63, 3.8) is 0 Å². The highest BCUT2D eigenvalue weighted by molar-refractivity contribution is 5.80. The second-order valence-electron chi connectivity index (χ2n) is 5.88. The number of pyridine rings is 3. The van der Waals surface area contributed by atoms with Gasteiger partial charge in [-0.3, -0.25) is 0 Å². The molecule has 0 spiro atoms. The Morgan fingerprint density at radius 1 is 1.12 bits per heavy atom. The van der Waals surface area contributed by atoms with Crippen LogP contribution < -0.4 is 16.4 Å². The predicted molar refractivity (Wildman–Crippen MR) is 105 cm³/mol. The Hall–Kier alpha value is -3.61. The summed E-state index contributed by atoms with van der Waals surface area (Å²) in [6.07, 6.45) is 5.51. The molecule has 0 bridgehead atoms. The number of hydrogen-bond acceptors (Lipinski definition) is 6. The molecule has 0 atom stereocenters. The third kappa shape index (κ3) is 3.02. The van der Waals surface area contributed by atoms with Gasteiger partial charge in [0.05, 0.1) is 11.4 Å². The van der Waals surface area contributed by atoms with Crippen LogP contribution in [0.2, 0.25) is 0 Å². The number of nitrogens with zero attached hydrogens (tertiary/aromatic N) is 3. The molecule has 7 nitrogen and oxygen atoms in total. The van der Waals surface area contributed by atoms with Gasteiger partial charge >= 0.3 is 0 Å².